The molecule has 18 heavy (non-hydrogen) atoms. The van der Waals surface area contributed by atoms with Crippen LogP contribution in [0.25, 0.3) is 0 Å². The average molecular weight is 330 g/mol. The zero-order valence-electron chi connectivity index (χ0n) is 10.9. The van der Waals surface area contributed by atoms with Crippen LogP contribution in [0.15, 0.2) is 22.7 Å². The molecule has 2 unspecified atom stereocenters. The van der Waals surface area contributed by atoms with Gasteiger partial charge >= 0.3 is 0 Å². The molecule has 1 N–H and O–H groups in total. The summed E-state index contributed by atoms with van der Waals surface area (Å²) in [6, 6.07) is 6.73. The fourth-order valence-corrected chi connectivity index (χ4v) is 3.26. The van der Waals surface area contributed by atoms with Crippen LogP contribution in [0.5, 0.6) is 5.75 Å². The molecule has 1 aliphatic rings. The van der Waals surface area contributed by atoms with Gasteiger partial charge in [-0.15, -0.1) is 0 Å². The summed E-state index contributed by atoms with van der Waals surface area (Å²) in [5, 5.41) is 3.57. The molecule has 2 nitrogen and oxygen atoms in total. The number of benzene rings is 1. The Balaban J connectivity index is 2.17. The number of rotatable bonds is 5. The third kappa shape index (κ3) is 3.43. The van der Waals surface area contributed by atoms with Gasteiger partial charge in [-0.3, -0.25) is 0 Å². The Morgan fingerprint density at radius 2 is 2.33 bits per heavy atom. The van der Waals surface area contributed by atoms with Crippen LogP contribution in [-0.2, 0) is 0 Å². The summed E-state index contributed by atoms with van der Waals surface area (Å²) in [6.45, 7) is 3.15. The number of fused-ring (bicyclic) bond motifs is 1. The van der Waals surface area contributed by atoms with Gasteiger partial charge < -0.3 is 10.1 Å². The summed E-state index contributed by atoms with van der Waals surface area (Å²) in [7, 11) is 0. The molecule has 0 saturated heterocycles. The van der Waals surface area contributed by atoms with Crippen molar-refractivity contribution in [2.75, 3.05) is 18.6 Å². The van der Waals surface area contributed by atoms with Crippen molar-refractivity contribution in [1.29, 1.82) is 0 Å². The van der Waals surface area contributed by atoms with E-state index in [4.69, 9.17) is 4.74 Å². The summed E-state index contributed by atoms with van der Waals surface area (Å²) in [5.41, 5.74) is 1.28. The van der Waals surface area contributed by atoms with Gasteiger partial charge in [0.15, 0.2) is 0 Å². The normalized spacial score (nSPS) is 22.4. The van der Waals surface area contributed by atoms with E-state index in [1.54, 1.807) is 0 Å². The van der Waals surface area contributed by atoms with Gasteiger partial charge in [0.25, 0.3) is 0 Å². The summed E-state index contributed by atoms with van der Waals surface area (Å²) < 4.78 is 7.21. The smallest absolute Gasteiger partial charge is 0.124 e. The molecule has 1 heterocycles. The summed E-state index contributed by atoms with van der Waals surface area (Å²) in [6.07, 6.45) is 4.68. The minimum absolute atomic E-state index is 0.343. The van der Waals surface area contributed by atoms with E-state index in [2.05, 4.69) is 52.6 Å². The average Bonchev–Trinajstić information content (AvgIpc) is 2.37. The van der Waals surface area contributed by atoms with Crippen molar-refractivity contribution in [3.63, 3.8) is 0 Å². The van der Waals surface area contributed by atoms with E-state index in [1.165, 1.54) is 5.56 Å². The molecule has 0 bridgehead atoms. The zero-order valence-corrected chi connectivity index (χ0v) is 13.3. The fourth-order valence-electron chi connectivity index (χ4n) is 2.38. The van der Waals surface area contributed by atoms with Crippen molar-refractivity contribution >= 4 is 27.7 Å². The summed E-state index contributed by atoms with van der Waals surface area (Å²) in [4.78, 5) is 0. The first-order valence-corrected chi connectivity index (χ1v) is 8.61. The van der Waals surface area contributed by atoms with Crippen molar-refractivity contribution < 1.29 is 4.74 Å². The van der Waals surface area contributed by atoms with E-state index in [0.717, 1.165) is 35.4 Å². The summed E-state index contributed by atoms with van der Waals surface area (Å²) in [5.74, 6) is 2.21. The number of ether oxygens (including phenoxy) is 1. The molecule has 4 heteroatoms. The third-order valence-electron chi connectivity index (χ3n) is 3.23. The van der Waals surface area contributed by atoms with E-state index < -0.39 is 0 Å². The Morgan fingerprint density at radius 3 is 3.06 bits per heavy atom. The molecule has 2 rings (SSSR count). The van der Waals surface area contributed by atoms with E-state index in [1.807, 2.05) is 11.8 Å². The van der Waals surface area contributed by atoms with Crippen molar-refractivity contribution in [3.05, 3.63) is 28.2 Å². The quantitative estimate of drug-likeness (QED) is 0.882. The number of hydrogen-bond acceptors (Lipinski definition) is 3. The Hall–Kier alpha value is -0.190. The minimum Gasteiger partial charge on any atom is -0.490 e. The van der Waals surface area contributed by atoms with Crippen LogP contribution in [-0.4, -0.2) is 24.7 Å². The van der Waals surface area contributed by atoms with Crippen LogP contribution in [0.3, 0.4) is 0 Å². The molecular formula is C14H20BrNOS. The molecule has 0 radical (unpaired) electrons. The van der Waals surface area contributed by atoms with Gasteiger partial charge in [-0.2, -0.15) is 11.8 Å². The summed E-state index contributed by atoms with van der Waals surface area (Å²) >= 11 is 5.43. The lowest BCUT2D eigenvalue weighted by molar-refractivity contribution is 0.147. The first-order chi connectivity index (χ1) is 8.74. The predicted molar refractivity (Wildman–Crippen MR) is 82.6 cm³/mol. The molecule has 0 amide bonds. The van der Waals surface area contributed by atoms with Gasteiger partial charge in [-0.05, 0) is 43.2 Å². The number of halogens is 1. The topological polar surface area (TPSA) is 21.3 Å². The Labute approximate surface area is 122 Å². The first kappa shape index (κ1) is 14.2. The van der Waals surface area contributed by atoms with E-state index in [-0.39, 0.29) is 0 Å². The molecule has 1 aromatic rings. The Morgan fingerprint density at radius 1 is 1.50 bits per heavy atom. The fraction of sp³-hybridized carbons (Fsp3) is 0.571. The van der Waals surface area contributed by atoms with E-state index in [9.17, 15) is 0 Å². The first-order valence-electron chi connectivity index (χ1n) is 6.43. The maximum Gasteiger partial charge on any atom is 0.124 e. The van der Waals surface area contributed by atoms with Gasteiger partial charge in [-0.25, -0.2) is 0 Å². The molecule has 0 saturated carbocycles. The SMILES string of the molecule is CCNC1CC(CCSC)Oc2ccc(Br)cc21. The van der Waals surface area contributed by atoms with Crippen LogP contribution in [0.1, 0.15) is 31.4 Å². The number of nitrogens with one attached hydrogen (secondary N) is 1. The third-order valence-corrected chi connectivity index (χ3v) is 4.37. The van der Waals surface area contributed by atoms with Gasteiger partial charge in [0.05, 0.1) is 0 Å². The predicted octanol–water partition coefficient (Wildman–Crippen LogP) is 4.00. The van der Waals surface area contributed by atoms with Gasteiger partial charge in [0.1, 0.15) is 11.9 Å². The highest BCUT2D eigenvalue weighted by Crippen LogP contribution is 2.37. The largest absolute Gasteiger partial charge is 0.490 e. The van der Waals surface area contributed by atoms with Crippen LogP contribution in [0.4, 0.5) is 0 Å². The van der Waals surface area contributed by atoms with Crippen LogP contribution in [0.2, 0.25) is 0 Å². The highest BCUT2D eigenvalue weighted by molar-refractivity contribution is 9.10. The number of hydrogen-bond donors (Lipinski definition) is 1. The van der Waals surface area contributed by atoms with Crippen LogP contribution < -0.4 is 10.1 Å². The molecule has 100 valence electrons. The molecule has 1 aliphatic heterocycles. The lowest BCUT2D eigenvalue weighted by Gasteiger charge is -2.33. The Bertz CT molecular complexity index is 399. The molecule has 0 aromatic heterocycles. The van der Waals surface area contributed by atoms with Crippen LogP contribution in [0, 0.1) is 0 Å². The minimum atomic E-state index is 0.343. The monoisotopic (exact) mass is 329 g/mol. The molecule has 0 aliphatic carbocycles. The van der Waals surface area contributed by atoms with E-state index >= 15 is 0 Å². The molecular weight excluding hydrogens is 310 g/mol. The van der Waals surface area contributed by atoms with Gasteiger partial charge in [0.2, 0.25) is 0 Å². The van der Waals surface area contributed by atoms with Crippen molar-refractivity contribution in [2.45, 2.75) is 31.9 Å². The molecule has 0 fully saturated rings. The second-order valence-corrected chi connectivity index (χ2v) is 6.45. The second kappa shape index (κ2) is 6.83. The maximum absolute atomic E-state index is 6.09. The molecule has 1 aromatic carbocycles. The highest BCUT2D eigenvalue weighted by atomic mass is 79.9. The van der Waals surface area contributed by atoms with Crippen molar-refractivity contribution in [2.24, 2.45) is 0 Å². The number of thioether (sulfide) groups is 1. The highest BCUT2D eigenvalue weighted by Gasteiger charge is 2.27. The Kier molecular flexibility index (Phi) is 5.39. The van der Waals surface area contributed by atoms with Gasteiger partial charge in [0, 0.05) is 22.5 Å². The second-order valence-electron chi connectivity index (χ2n) is 4.55. The van der Waals surface area contributed by atoms with Crippen LogP contribution >= 0.6 is 27.7 Å². The van der Waals surface area contributed by atoms with Crippen molar-refractivity contribution in [3.8, 4) is 5.75 Å². The lowest BCUT2D eigenvalue weighted by atomic mass is 9.95. The maximum atomic E-state index is 6.09. The van der Waals surface area contributed by atoms with E-state index in [0.29, 0.717) is 12.1 Å². The lowest BCUT2D eigenvalue weighted by Crippen LogP contribution is -2.33. The zero-order chi connectivity index (χ0) is 13.0. The molecule has 0 spiro atoms. The van der Waals surface area contributed by atoms with Gasteiger partial charge in [-0.1, -0.05) is 22.9 Å². The van der Waals surface area contributed by atoms with Crippen molar-refractivity contribution in [1.82, 2.24) is 5.32 Å². The standard InChI is InChI=1S/C14H20BrNOS/c1-3-16-13-9-11(6-7-18-2)17-14-5-4-10(15)8-12(13)14/h4-5,8,11,13,16H,3,6-7,9H2,1-2H3. The molecule has 2 atom stereocenters.